The van der Waals surface area contributed by atoms with Crippen molar-refractivity contribution in [1.29, 1.82) is 0 Å². The van der Waals surface area contributed by atoms with Crippen LogP contribution in [0.5, 0.6) is 0 Å². The number of aryl methyl sites for hydroxylation is 1. The quantitative estimate of drug-likeness (QED) is 0.587. The molecule has 0 radical (unpaired) electrons. The van der Waals surface area contributed by atoms with Crippen molar-refractivity contribution in [3.8, 4) is 0 Å². The molecule has 0 saturated heterocycles. The molecule has 0 aliphatic carbocycles. The number of hydrogen-bond donors (Lipinski definition) is 2. The summed E-state index contributed by atoms with van der Waals surface area (Å²) in [5.74, 6) is -0.434. The van der Waals surface area contributed by atoms with Crippen LogP contribution in [-0.4, -0.2) is 47.4 Å². The standard InChI is InChI=1S/C21H22N4O5/c1-14-11-18(24-30-14)23-19(26)13-25(2)21(28)16(12-15-7-4-3-5-8-15)22-20(27)17-9-6-10-29-17/h3-11,16H,12-13H2,1-2H3,(H,22,27)(H,23,24,26)/t16-/m0/s1. The summed E-state index contributed by atoms with van der Waals surface area (Å²) in [6.45, 7) is 1.49. The molecule has 0 fully saturated rings. The van der Waals surface area contributed by atoms with Gasteiger partial charge in [-0.2, -0.15) is 0 Å². The van der Waals surface area contributed by atoms with Crippen LogP contribution in [0.3, 0.4) is 0 Å². The average Bonchev–Trinajstić information content (AvgIpc) is 3.39. The molecule has 2 N–H and O–H groups in total. The second-order valence-corrected chi connectivity index (χ2v) is 6.76. The lowest BCUT2D eigenvalue weighted by molar-refractivity contribution is -0.135. The lowest BCUT2D eigenvalue weighted by atomic mass is 10.0. The van der Waals surface area contributed by atoms with Gasteiger partial charge in [0.15, 0.2) is 11.6 Å². The molecule has 9 heteroatoms. The number of furan rings is 1. The fourth-order valence-electron chi connectivity index (χ4n) is 2.85. The smallest absolute Gasteiger partial charge is 0.287 e. The van der Waals surface area contributed by atoms with Gasteiger partial charge in [0.1, 0.15) is 11.8 Å². The number of likely N-dealkylation sites (N-methyl/N-ethyl adjacent to an activating group) is 1. The van der Waals surface area contributed by atoms with Gasteiger partial charge in [0.2, 0.25) is 11.8 Å². The first kappa shape index (κ1) is 20.8. The number of amides is 3. The van der Waals surface area contributed by atoms with Crippen molar-refractivity contribution in [2.24, 2.45) is 0 Å². The number of aromatic nitrogens is 1. The van der Waals surface area contributed by atoms with E-state index in [1.165, 1.54) is 24.3 Å². The second-order valence-electron chi connectivity index (χ2n) is 6.76. The number of nitrogens with one attached hydrogen (secondary N) is 2. The predicted octanol–water partition coefficient (Wildman–Crippen LogP) is 2.01. The van der Waals surface area contributed by atoms with Crippen molar-refractivity contribution in [3.63, 3.8) is 0 Å². The van der Waals surface area contributed by atoms with Gasteiger partial charge in [-0.3, -0.25) is 14.4 Å². The summed E-state index contributed by atoms with van der Waals surface area (Å²) in [7, 11) is 1.49. The molecule has 0 aliphatic heterocycles. The zero-order valence-corrected chi connectivity index (χ0v) is 16.6. The van der Waals surface area contributed by atoms with Crippen LogP contribution in [0, 0.1) is 6.92 Å². The van der Waals surface area contributed by atoms with Gasteiger partial charge in [-0.25, -0.2) is 0 Å². The summed E-state index contributed by atoms with van der Waals surface area (Å²) in [4.78, 5) is 38.9. The maximum atomic E-state index is 13.0. The molecule has 3 amide bonds. The van der Waals surface area contributed by atoms with Crippen LogP contribution in [0.4, 0.5) is 5.82 Å². The summed E-state index contributed by atoms with van der Waals surface area (Å²) < 4.78 is 10.0. The minimum Gasteiger partial charge on any atom is -0.459 e. The van der Waals surface area contributed by atoms with Crippen LogP contribution in [0.15, 0.2) is 63.7 Å². The van der Waals surface area contributed by atoms with E-state index in [-0.39, 0.29) is 24.5 Å². The van der Waals surface area contributed by atoms with Gasteiger partial charge in [0.25, 0.3) is 5.91 Å². The highest BCUT2D eigenvalue weighted by molar-refractivity contribution is 5.97. The summed E-state index contributed by atoms with van der Waals surface area (Å²) >= 11 is 0. The Hall–Kier alpha value is -3.88. The molecule has 2 aromatic heterocycles. The number of rotatable bonds is 8. The summed E-state index contributed by atoms with van der Waals surface area (Å²) in [6.07, 6.45) is 1.64. The SMILES string of the molecule is Cc1cc(NC(=O)CN(C)C(=O)[C@H](Cc2ccccc2)NC(=O)c2ccco2)no1. The second kappa shape index (κ2) is 9.55. The summed E-state index contributed by atoms with van der Waals surface area (Å²) in [5, 5.41) is 8.94. The van der Waals surface area contributed by atoms with Gasteiger partial charge in [0.05, 0.1) is 12.8 Å². The molecule has 0 aliphatic rings. The van der Waals surface area contributed by atoms with Gasteiger partial charge in [-0.1, -0.05) is 35.5 Å². The molecule has 2 heterocycles. The number of hydrogen-bond acceptors (Lipinski definition) is 6. The highest BCUT2D eigenvalue weighted by atomic mass is 16.5. The van der Waals surface area contributed by atoms with E-state index in [0.29, 0.717) is 5.76 Å². The Morgan fingerprint density at radius 3 is 2.53 bits per heavy atom. The Kier molecular flexibility index (Phi) is 6.63. The highest BCUT2D eigenvalue weighted by Crippen LogP contribution is 2.09. The zero-order chi connectivity index (χ0) is 21.5. The Morgan fingerprint density at radius 1 is 1.13 bits per heavy atom. The largest absolute Gasteiger partial charge is 0.459 e. The molecule has 0 spiro atoms. The van der Waals surface area contributed by atoms with Crippen LogP contribution in [0.2, 0.25) is 0 Å². The lowest BCUT2D eigenvalue weighted by Gasteiger charge is -2.24. The lowest BCUT2D eigenvalue weighted by Crippen LogP contribution is -2.50. The van der Waals surface area contributed by atoms with E-state index < -0.39 is 23.8 Å². The first-order chi connectivity index (χ1) is 14.4. The van der Waals surface area contributed by atoms with Gasteiger partial charge in [0, 0.05) is 19.5 Å². The van der Waals surface area contributed by atoms with E-state index in [2.05, 4.69) is 15.8 Å². The number of carbonyl (C=O) groups is 3. The minimum absolute atomic E-state index is 0.0997. The van der Waals surface area contributed by atoms with E-state index in [9.17, 15) is 14.4 Å². The number of anilines is 1. The first-order valence-corrected chi connectivity index (χ1v) is 9.29. The predicted molar refractivity (Wildman–Crippen MR) is 108 cm³/mol. The molecular weight excluding hydrogens is 388 g/mol. The molecular formula is C21H22N4O5. The molecule has 9 nitrogen and oxygen atoms in total. The zero-order valence-electron chi connectivity index (χ0n) is 16.6. The van der Waals surface area contributed by atoms with Crippen molar-refractivity contribution in [3.05, 3.63) is 71.9 Å². The molecule has 0 saturated carbocycles. The fourth-order valence-corrected chi connectivity index (χ4v) is 2.85. The topological polar surface area (TPSA) is 118 Å². The normalized spacial score (nSPS) is 11.5. The fraction of sp³-hybridized carbons (Fsp3) is 0.238. The van der Waals surface area contributed by atoms with Gasteiger partial charge in [-0.05, 0) is 24.6 Å². The van der Waals surface area contributed by atoms with E-state index in [4.69, 9.17) is 8.94 Å². The minimum atomic E-state index is -0.878. The highest BCUT2D eigenvalue weighted by Gasteiger charge is 2.27. The van der Waals surface area contributed by atoms with Crippen LogP contribution < -0.4 is 10.6 Å². The van der Waals surface area contributed by atoms with Crippen molar-refractivity contribution in [1.82, 2.24) is 15.4 Å². The van der Waals surface area contributed by atoms with Crippen molar-refractivity contribution < 1.29 is 23.3 Å². The average molecular weight is 410 g/mol. The van der Waals surface area contributed by atoms with Crippen LogP contribution >= 0.6 is 0 Å². The van der Waals surface area contributed by atoms with Gasteiger partial charge < -0.3 is 24.5 Å². The summed E-state index contributed by atoms with van der Waals surface area (Å²) in [5.41, 5.74) is 0.867. The van der Waals surface area contributed by atoms with Crippen LogP contribution in [0.1, 0.15) is 21.9 Å². The van der Waals surface area contributed by atoms with E-state index in [1.807, 2.05) is 30.3 Å². The molecule has 156 valence electrons. The van der Waals surface area contributed by atoms with Crippen molar-refractivity contribution in [2.45, 2.75) is 19.4 Å². The van der Waals surface area contributed by atoms with E-state index in [1.54, 1.807) is 19.1 Å². The molecule has 1 aromatic carbocycles. The Morgan fingerprint density at radius 2 is 1.90 bits per heavy atom. The first-order valence-electron chi connectivity index (χ1n) is 9.29. The molecule has 0 bridgehead atoms. The van der Waals surface area contributed by atoms with Crippen LogP contribution in [0.25, 0.3) is 0 Å². The Labute approximate surface area is 173 Å². The Bertz CT molecular complexity index is 998. The van der Waals surface area contributed by atoms with Crippen LogP contribution in [-0.2, 0) is 16.0 Å². The maximum Gasteiger partial charge on any atom is 0.287 e. The van der Waals surface area contributed by atoms with Crippen molar-refractivity contribution in [2.75, 3.05) is 18.9 Å². The molecule has 1 atom stereocenters. The third kappa shape index (κ3) is 5.57. The van der Waals surface area contributed by atoms with E-state index in [0.717, 1.165) is 5.56 Å². The molecule has 0 unspecified atom stereocenters. The molecule has 3 rings (SSSR count). The molecule has 3 aromatic rings. The summed E-state index contributed by atoms with van der Waals surface area (Å²) in [6, 6.07) is 13.1. The van der Waals surface area contributed by atoms with E-state index >= 15 is 0 Å². The Balaban J connectivity index is 1.67. The van der Waals surface area contributed by atoms with Gasteiger partial charge >= 0.3 is 0 Å². The third-order valence-corrected chi connectivity index (χ3v) is 4.28. The number of carbonyl (C=O) groups excluding carboxylic acids is 3. The van der Waals surface area contributed by atoms with Gasteiger partial charge in [-0.15, -0.1) is 0 Å². The number of benzene rings is 1. The third-order valence-electron chi connectivity index (χ3n) is 4.28. The monoisotopic (exact) mass is 410 g/mol. The van der Waals surface area contributed by atoms with Crippen molar-refractivity contribution >= 4 is 23.5 Å². The number of nitrogens with zero attached hydrogens (tertiary/aromatic N) is 2. The maximum absolute atomic E-state index is 13.0. The molecule has 30 heavy (non-hydrogen) atoms.